The number of aliphatic hydroxyl groups excluding tert-OH is 2. The van der Waals surface area contributed by atoms with Gasteiger partial charge in [-0.3, -0.25) is 0 Å². The van der Waals surface area contributed by atoms with Gasteiger partial charge in [-0.05, 0) is 29.0 Å². The van der Waals surface area contributed by atoms with Crippen molar-refractivity contribution in [2.45, 2.75) is 12.2 Å². The fraction of sp³-hybridized carbons (Fsp3) is 0.400. The third kappa shape index (κ3) is 2.98. The van der Waals surface area contributed by atoms with Gasteiger partial charge in [0.15, 0.2) is 0 Å². The smallest absolute Gasteiger partial charge is 0.137 e. The Hall–Kier alpha value is -0.490. The number of hydrogen-bond donors (Lipinski definition) is 3. The van der Waals surface area contributed by atoms with Gasteiger partial charge < -0.3 is 15.5 Å². The molecular weight excluding hydrogens is 265 g/mol. The second kappa shape index (κ2) is 5.55. The van der Waals surface area contributed by atoms with Crippen LogP contribution in [0.15, 0.2) is 22.7 Å². The molecule has 0 fully saturated rings. The molecule has 0 radical (unpaired) electrons. The van der Waals surface area contributed by atoms with Crippen molar-refractivity contribution >= 4 is 15.9 Å². The highest BCUT2D eigenvalue weighted by atomic mass is 79.9. The van der Waals surface area contributed by atoms with Crippen LogP contribution in [-0.4, -0.2) is 29.9 Å². The van der Waals surface area contributed by atoms with Crippen molar-refractivity contribution < 1.29 is 14.6 Å². The number of aliphatic hydroxyl groups is 2. The van der Waals surface area contributed by atoms with Crippen LogP contribution in [0.5, 0.6) is 0 Å². The highest BCUT2D eigenvalue weighted by Crippen LogP contribution is 2.27. The van der Waals surface area contributed by atoms with E-state index in [0.717, 1.165) is 0 Å². The van der Waals surface area contributed by atoms with E-state index in [1.165, 1.54) is 12.1 Å². The summed E-state index contributed by atoms with van der Waals surface area (Å²) in [6.07, 6.45) is -2.07. The van der Waals surface area contributed by atoms with Crippen LogP contribution < -0.4 is 5.32 Å². The van der Waals surface area contributed by atoms with Gasteiger partial charge >= 0.3 is 0 Å². The van der Waals surface area contributed by atoms with Crippen molar-refractivity contribution in [1.82, 2.24) is 5.32 Å². The van der Waals surface area contributed by atoms with E-state index in [2.05, 4.69) is 21.2 Å². The molecule has 0 bridgehead atoms. The van der Waals surface area contributed by atoms with Crippen LogP contribution in [0.2, 0.25) is 0 Å². The summed E-state index contributed by atoms with van der Waals surface area (Å²) >= 11 is 3.03. The summed E-state index contributed by atoms with van der Waals surface area (Å²) in [7, 11) is 1.66. The molecule has 5 heteroatoms. The van der Waals surface area contributed by atoms with Crippen molar-refractivity contribution in [1.29, 1.82) is 0 Å². The molecule has 0 aromatic heterocycles. The second-order valence-corrected chi connectivity index (χ2v) is 4.01. The van der Waals surface area contributed by atoms with E-state index >= 15 is 0 Å². The largest absolute Gasteiger partial charge is 0.389 e. The van der Waals surface area contributed by atoms with Gasteiger partial charge in [-0.1, -0.05) is 12.1 Å². The first-order valence-electron chi connectivity index (χ1n) is 4.52. The molecule has 0 spiro atoms. The highest BCUT2D eigenvalue weighted by molar-refractivity contribution is 9.10. The van der Waals surface area contributed by atoms with Crippen molar-refractivity contribution in [3.8, 4) is 0 Å². The van der Waals surface area contributed by atoms with Crippen molar-refractivity contribution in [2.24, 2.45) is 0 Å². The fourth-order valence-electron chi connectivity index (χ4n) is 1.28. The maximum atomic E-state index is 13.1. The monoisotopic (exact) mass is 277 g/mol. The third-order valence-electron chi connectivity index (χ3n) is 2.08. The Kier molecular flexibility index (Phi) is 4.66. The van der Waals surface area contributed by atoms with Crippen molar-refractivity contribution in [3.05, 3.63) is 34.1 Å². The lowest BCUT2D eigenvalue weighted by molar-refractivity contribution is 0.0196. The van der Waals surface area contributed by atoms with Gasteiger partial charge in [-0.25, -0.2) is 4.39 Å². The molecule has 0 aliphatic carbocycles. The summed E-state index contributed by atoms with van der Waals surface area (Å²) in [6.45, 7) is 0.240. The van der Waals surface area contributed by atoms with Crippen LogP contribution in [0.4, 0.5) is 4.39 Å². The lowest BCUT2D eigenvalue weighted by Gasteiger charge is -2.19. The van der Waals surface area contributed by atoms with E-state index < -0.39 is 18.0 Å². The van der Waals surface area contributed by atoms with E-state index in [0.29, 0.717) is 5.56 Å². The zero-order chi connectivity index (χ0) is 11.4. The molecule has 0 aliphatic heterocycles. The maximum absolute atomic E-state index is 13.1. The van der Waals surface area contributed by atoms with E-state index in [-0.39, 0.29) is 11.0 Å². The normalized spacial score (nSPS) is 15.0. The minimum Gasteiger partial charge on any atom is -0.389 e. The highest BCUT2D eigenvalue weighted by Gasteiger charge is 2.21. The summed E-state index contributed by atoms with van der Waals surface area (Å²) in [5.74, 6) is -0.455. The Morgan fingerprint density at radius 3 is 2.73 bits per heavy atom. The molecule has 1 rings (SSSR count). The first kappa shape index (κ1) is 12.6. The van der Waals surface area contributed by atoms with Gasteiger partial charge in [-0.15, -0.1) is 0 Å². The van der Waals surface area contributed by atoms with E-state index in [1.807, 2.05) is 0 Å². The number of rotatable bonds is 4. The SMILES string of the molecule is CNCC(O)C(O)c1cccc(F)c1Br. The van der Waals surface area contributed by atoms with E-state index in [1.54, 1.807) is 13.1 Å². The first-order chi connectivity index (χ1) is 7.07. The van der Waals surface area contributed by atoms with Crippen molar-refractivity contribution in [3.63, 3.8) is 0 Å². The van der Waals surface area contributed by atoms with Crippen LogP contribution in [0.25, 0.3) is 0 Å². The van der Waals surface area contributed by atoms with Crippen LogP contribution in [0.1, 0.15) is 11.7 Å². The van der Waals surface area contributed by atoms with Crippen LogP contribution >= 0.6 is 15.9 Å². The number of benzene rings is 1. The summed E-state index contributed by atoms with van der Waals surface area (Å²) in [5, 5.41) is 22.0. The Morgan fingerprint density at radius 2 is 2.13 bits per heavy atom. The lowest BCUT2D eigenvalue weighted by Crippen LogP contribution is -2.29. The molecule has 3 nitrogen and oxygen atoms in total. The molecule has 0 saturated carbocycles. The maximum Gasteiger partial charge on any atom is 0.137 e. The Balaban J connectivity index is 2.90. The molecule has 0 heterocycles. The first-order valence-corrected chi connectivity index (χ1v) is 5.32. The zero-order valence-electron chi connectivity index (χ0n) is 8.24. The molecule has 0 aliphatic rings. The van der Waals surface area contributed by atoms with E-state index in [4.69, 9.17) is 0 Å². The van der Waals surface area contributed by atoms with E-state index in [9.17, 15) is 14.6 Å². The molecule has 2 atom stereocenters. The van der Waals surface area contributed by atoms with Crippen molar-refractivity contribution in [2.75, 3.05) is 13.6 Å². The summed E-state index contributed by atoms with van der Waals surface area (Å²) < 4.78 is 13.3. The number of hydrogen-bond acceptors (Lipinski definition) is 3. The molecule has 3 N–H and O–H groups in total. The predicted octanol–water partition coefficient (Wildman–Crippen LogP) is 1.20. The van der Waals surface area contributed by atoms with Crippen LogP contribution in [0.3, 0.4) is 0 Å². The quantitative estimate of drug-likeness (QED) is 0.775. The minimum absolute atomic E-state index is 0.188. The Labute approximate surface area is 96.1 Å². The van der Waals surface area contributed by atoms with Crippen LogP contribution in [-0.2, 0) is 0 Å². The fourth-order valence-corrected chi connectivity index (χ4v) is 1.78. The topological polar surface area (TPSA) is 52.5 Å². The average molecular weight is 278 g/mol. The van der Waals surface area contributed by atoms with Gasteiger partial charge in [0.2, 0.25) is 0 Å². The van der Waals surface area contributed by atoms with Gasteiger partial charge in [0, 0.05) is 12.1 Å². The summed E-state index contributed by atoms with van der Waals surface area (Å²) in [6, 6.07) is 4.34. The molecule has 0 saturated heterocycles. The molecule has 1 aromatic rings. The van der Waals surface area contributed by atoms with Gasteiger partial charge in [0.05, 0.1) is 10.6 Å². The number of halogens is 2. The second-order valence-electron chi connectivity index (χ2n) is 3.21. The lowest BCUT2D eigenvalue weighted by atomic mass is 10.0. The summed E-state index contributed by atoms with van der Waals surface area (Å²) in [4.78, 5) is 0. The molecule has 84 valence electrons. The predicted molar refractivity (Wildman–Crippen MR) is 59.0 cm³/mol. The van der Waals surface area contributed by atoms with Gasteiger partial charge in [-0.2, -0.15) is 0 Å². The van der Waals surface area contributed by atoms with Gasteiger partial charge in [0.1, 0.15) is 11.9 Å². The summed E-state index contributed by atoms with van der Waals surface area (Å²) in [5.41, 5.74) is 0.345. The zero-order valence-corrected chi connectivity index (χ0v) is 9.83. The molecule has 2 unspecified atom stereocenters. The Bertz CT molecular complexity index is 335. The van der Waals surface area contributed by atoms with Crippen LogP contribution in [0, 0.1) is 5.82 Å². The Morgan fingerprint density at radius 1 is 1.47 bits per heavy atom. The molecule has 15 heavy (non-hydrogen) atoms. The number of likely N-dealkylation sites (N-methyl/N-ethyl adjacent to an activating group) is 1. The van der Waals surface area contributed by atoms with Gasteiger partial charge in [0.25, 0.3) is 0 Å². The molecule has 1 aromatic carbocycles. The number of nitrogens with one attached hydrogen (secondary N) is 1. The minimum atomic E-state index is -1.11. The molecular formula is C10H13BrFNO2. The standard InChI is InChI=1S/C10H13BrFNO2/c1-13-5-8(14)10(15)6-3-2-4-7(12)9(6)11/h2-4,8,10,13-15H,5H2,1H3. The third-order valence-corrected chi connectivity index (χ3v) is 2.91. The average Bonchev–Trinajstić information content (AvgIpc) is 2.21. The molecule has 0 amide bonds.